The molecule has 3 aromatic rings. The Morgan fingerprint density at radius 1 is 1.12 bits per heavy atom. The lowest BCUT2D eigenvalue weighted by Crippen LogP contribution is -2.12. The molecule has 0 aliphatic carbocycles. The number of hydrogen-bond acceptors (Lipinski definition) is 6. The lowest BCUT2D eigenvalue weighted by atomic mass is 10.3. The Morgan fingerprint density at radius 3 is 2.65 bits per heavy atom. The lowest BCUT2D eigenvalue weighted by Gasteiger charge is -2.06. The highest BCUT2D eigenvalue weighted by atomic mass is 32.1. The van der Waals surface area contributed by atoms with Crippen LogP contribution in [0.25, 0.3) is 0 Å². The minimum Gasteiger partial charge on any atom is -0.490 e. The van der Waals surface area contributed by atoms with E-state index in [0.717, 1.165) is 22.6 Å². The average Bonchev–Trinajstić information content (AvgIpc) is 3.29. The van der Waals surface area contributed by atoms with Gasteiger partial charge in [0.25, 0.3) is 5.91 Å². The first-order valence-electron chi connectivity index (χ1n) is 7.94. The van der Waals surface area contributed by atoms with Crippen LogP contribution < -0.4 is 10.1 Å². The number of ether oxygens (including phenoxy) is 2. The average molecular weight is 371 g/mol. The van der Waals surface area contributed by atoms with Gasteiger partial charge in [0.05, 0.1) is 11.3 Å². The van der Waals surface area contributed by atoms with Crippen LogP contribution >= 0.6 is 11.3 Å². The molecule has 0 atom stereocenters. The van der Waals surface area contributed by atoms with Gasteiger partial charge in [0, 0.05) is 0 Å². The first kappa shape index (κ1) is 17.8. The summed E-state index contributed by atoms with van der Waals surface area (Å²) in [6, 6.07) is 14.2. The number of nitrogens with one attached hydrogen (secondary N) is 1. The fraction of sp³-hybridized carbons (Fsp3) is 0.158. The molecule has 0 aliphatic rings. The summed E-state index contributed by atoms with van der Waals surface area (Å²) >= 11 is 1.16. The molecule has 1 N–H and O–H groups in total. The Kier molecular flexibility index (Phi) is 5.70. The molecule has 0 radical (unpaired) electrons. The van der Waals surface area contributed by atoms with Crippen LogP contribution in [0.5, 0.6) is 5.75 Å². The third kappa shape index (κ3) is 4.52. The summed E-state index contributed by atoms with van der Waals surface area (Å²) in [6.07, 6.45) is 1.43. The highest BCUT2D eigenvalue weighted by Gasteiger charge is 2.17. The molecule has 0 fully saturated rings. The van der Waals surface area contributed by atoms with E-state index in [1.165, 1.54) is 6.26 Å². The maximum atomic E-state index is 12.2. The Morgan fingerprint density at radius 2 is 1.92 bits per heavy atom. The smallest absolute Gasteiger partial charge is 0.348 e. The van der Waals surface area contributed by atoms with Crippen LogP contribution in [0.3, 0.4) is 0 Å². The number of carbonyl (C=O) groups excluding carboxylic acids is 2. The molecule has 0 saturated heterocycles. The maximum absolute atomic E-state index is 12.2. The second-order valence-electron chi connectivity index (χ2n) is 5.35. The van der Waals surface area contributed by atoms with Gasteiger partial charge < -0.3 is 19.2 Å². The van der Waals surface area contributed by atoms with Gasteiger partial charge in [-0.25, -0.2) is 4.79 Å². The van der Waals surface area contributed by atoms with Crippen LogP contribution in [-0.2, 0) is 4.74 Å². The van der Waals surface area contributed by atoms with Crippen molar-refractivity contribution in [2.75, 3.05) is 18.5 Å². The number of hydrogen-bond donors (Lipinski definition) is 1. The highest BCUT2D eigenvalue weighted by molar-refractivity contribution is 7.18. The van der Waals surface area contributed by atoms with Gasteiger partial charge in [0.1, 0.15) is 23.8 Å². The molecule has 0 saturated carbocycles. The first-order chi connectivity index (χ1) is 12.6. The van der Waals surface area contributed by atoms with Crippen molar-refractivity contribution < 1.29 is 23.5 Å². The molecule has 0 unspecified atom stereocenters. The third-order valence-electron chi connectivity index (χ3n) is 3.41. The fourth-order valence-electron chi connectivity index (χ4n) is 2.20. The van der Waals surface area contributed by atoms with E-state index in [1.54, 1.807) is 25.1 Å². The first-order valence-corrected chi connectivity index (χ1v) is 8.75. The minimum atomic E-state index is -0.442. The van der Waals surface area contributed by atoms with Crippen molar-refractivity contribution in [3.05, 3.63) is 71.0 Å². The molecule has 7 heteroatoms. The number of esters is 1. The third-order valence-corrected chi connectivity index (χ3v) is 4.55. The number of rotatable bonds is 7. The SMILES string of the molecule is Cc1cc(NC(=O)c2ccco2)sc1C(=O)OCCOc1ccccc1. The lowest BCUT2D eigenvalue weighted by molar-refractivity contribution is 0.0455. The molecular formula is C19H17NO5S. The predicted molar refractivity (Wildman–Crippen MR) is 97.9 cm³/mol. The molecule has 0 spiro atoms. The largest absolute Gasteiger partial charge is 0.490 e. The fourth-order valence-corrected chi connectivity index (χ4v) is 3.17. The highest BCUT2D eigenvalue weighted by Crippen LogP contribution is 2.27. The van der Waals surface area contributed by atoms with Gasteiger partial charge in [-0.15, -0.1) is 11.3 Å². The van der Waals surface area contributed by atoms with Crippen molar-refractivity contribution >= 4 is 28.2 Å². The van der Waals surface area contributed by atoms with Crippen molar-refractivity contribution in [2.45, 2.75) is 6.92 Å². The van der Waals surface area contributed by atoms with E-state index in [-0.39, 0.29) is 24.9 Å². The standard InChI is InChI=1S/C19H17NO5S/c1-13-12-16(20-18(21)15-8-5-9-24-15)26-17(13)19(22)25-11-10-23-14-6-3-2-4-7-14/h2-9,12H,10-11H2,1H3,(H,20,21). The summed E-state index contributed by atoms with van der Waals surface area (Å²) in [4.78, 5) is 24.6. The van der Waals surface area contributed by atoms with Gasteiger partial charge in [0.2, 0.25) is 0 Å². The van der Waals surface area contributed by atoms with Crippen molar-refractivity contribution in [3.8, 4) is 5.75 Å². The van der Waals surface area contributed by atoms with E-state index in [1.807, 2.05) is 30.3 Å². The number of para-hydroxylation sites is 1. The zero-order valence-electron chi connectivity index (χ0n) is 14.1. The molecule has 134 valence electrons. The molecule has 0 aliphatic heterocycles. The maximum Gasteiger partial charge on any atom is 0.348 e. The Balaban J connectivity index is 1.51. The Labute approximate surface area is 154 Å². The number of amides is 1. The summed E-state index contributed by atoms with van der Waals surface area (Å²) in [7, 11) is 0. The van der Waals surface area contributed by atoms with E-state index < -0.39 is 5.97 Å². The Bertz CT molecular complexity index is 871. The van der Waals surface area contributed by atoms with Crippen LogP contribution in [0.15, 0.2) is 59.2 Å². The van der Waals surface area contributed by atoms with E-state index in [2.05, 4.69) is 5.32 Å². The van der Waals surface area contributed by atoms with Gasteiger partial charge in [-0.1, -0.05) is 18.2 Å². The quantitative estimate of drug-likeness (QED) is 0.499. The second-order valence-corrected chi connectivity index (χ2v) is 6.40. The topological polar surface area (TPSA) is 77.8 Å². The van der Waals surface area contributed by atoms with E-state index in [9.17, 15) is 9.59 Å². The molecule has 0 bridgehead atoms. The molecular weight excluding hydrogens is 354 g/mol. The molecule has 1 amide bonds. The number of anilines is 1. The summed E-state index contributed by atoms with van der Waals surface area (Å²) in [5.41, 5.74) is 0.735. The molecule has 1 aromatic carbocycles. The number of thiophene rings is 1. The number of aryl methyl sites for hydroxylation is 1. The van der Waals surface area contributed by atoms with Crippen LogP contribution in [0, 0.1) is 6.92 Å². The second kappa shape index (κ2) is 8.35. The van der Waals surface area contributed by atoms with Crippen LogP contribution in [0.2, 0.25) is 0 Å². The van der Waals surface area contributed by atoms with Gasteiger partial charge in [-0.2, -0.15) is 0 Å². The van der Waals surface area contributed by atoms with Gasteiger partial charge in [-0.3, -0.25) is 4.79 Å². The molecule has 6 nitrogen and oxygen atoms in total. The Hall–Kier alpha value is -3.06. The zero-order chi connectivity index (χ0) is 18.4. The predicted octanol–water partition coefficient (Wildman–Crippen LogP) is 4.14. The van der Waals surface area contributed by atoms with Gasteiger partial charge in [0.15, 0.2) is 5.76 Å². The molecule has 2 aromatic heterocycles. The summed E-state index contributed by atoms with van der Waals surface area (Å²) in [5, 5.41) is 3.25. The van der Waals surface area contributed by atoms with Crippen LogP contribution in [-0.4, -0.2) is 25.1 Å². The normalized spacial score (nSPS) is 10.3. The molecule has 2 heterocycles. The monoisotopic (exact) mass is 371 g/mol. The van der Waals surface area contributed by atoms with E-state index >= 15 is 0 Å². The summed E-state index contributed by atoms with van der Waals surface area (Å²) in [6.45, 7) is 2.19. The number of benzene rings is 1. The van der Waals surface area contributed by atoms with E-state index in [4.69, 9.17) is 13.9 Å². The zero-order valence-corrected chi connectivity index (χ0v) is 14.9. The summed E-state index contributed by atoms with van der Waals surface area (Å²) < 4.78 is 15.8. The van der Waals surface area contributed by atoms with Gasteiger partial charge >= 0.3 is 5.97 Å². The van der Waals surface area contributed by atoms with Crippen molar-refractivity contribution in [2.24, 2.45) is 0 Å². The van der Waals surface area contributed by atoms with Crippen LogP contribution in [0.4, 0.5) is 5.00 Å². The number of carbonyl (C=O) groups is 2. The minimum absolute atomic E-state index is 0.138. The summed E-state index contributed by atoms with van der Waals surface area (Å²) in [5.74, 6) is 0.118. The van der Waals surface area contributed by atoms with Gasteiger partial charge in [-0.05, 0) is 42.8 Å². The molecule has 3 rings (SSSR count). The van der Waals surface area contributed by atoms with Crippen molar-refractivity contribution in [1.82, 2.24) is 0 Å². The van der Waals surface area contributed by atoms with Crippen LogP contribution in [0.1, 0.15) is 25.8 Å². The molecule has 26 heavy (non-hydrogen) atoms. The van der Waals surface area contributed by atoms with Crippen molar-refractivity contribution in [1.29, 1.82) is 0 Å². The van der Waals surface area contributed by atoms with Crippen molar-refractivity contribution in [3.63, 3.8) is 0 Å². The number of furan rings is 1. The van der Waals surface area contributed by atoms with E-state index in [0.29, 0.717) is 9.88 Å².